The van der Waals surface area contributed by atoms with Crippen LogP contribution in [0.15, 0.2) is 0 Å². The van der Waals surface area contributed by atoms with E-state index in [1.807, 2.05) is 0 Å². The monoisotopic (exact) mass is 256 g/mol. The molecule has 2 heterocycles. The van der Waals surface area contributed by atoms with Gasteiger partial charge in [0.05, 0.1) is 0 Å². The molecule has 0 radical (unpaired) electrons. The molecule has 2 aliphatic carbocycles. The van der Waals surface area contributed by atoms with E-state index >= 15 is 0 Å². The minimum Gasteiger partial charge on any atom is -0.481 e. The fourth-order valence-electron chi connectivity index (χ4n) is 4.50. The fourth-order valence-corrected chi connectivity index (χ4v) is 4.50. The summed E-state index contributed by atoms with van der Waals surface area (Å²) in [7, 11) is 1.54. The lowest BCUT2D eigenvalue weighted by molar-refractivity contribution is -0.244. The van der Waals surface area contributed by atoms with E-state index in [4.69, 9.17) is 18.9 Å². The van der Waals surface area contributed by atoms with E-state index in [1.165, 1.54) is 7.11 Å². The quantitative estimate of drug-likeness (QED) is 0.775. The van der Waals surface area contributed by atoms with Crippen molar-refractivity contribution < 1.29 is 28.8 Å². The normalized spacial score (nSPS) is 58.4. The third-order valence-electron chi connectivity index (χ3n) is 5.09. The van der Waals surface area contributed by atoms with Crippen molar-refractivity contribution in [1.82, 2.24) is 0 Å². The molecule has 4 rings (SSSR count). The number of aliphatic carboxylic acids is 1. The maximum atomic E-state index is 11.6. The van der Waals surface area contributed by atoms with Crippen molar-refractivity contribution in [2.45, 2.75) is 56.1 Å². The summed E-state index contributed by atoms with van der Waals surface area (Å²) in [6.45, 7) is 3.60. The molecule has 2 saturated carbocycles. The highest BCUT2D eigenvalue weighted by atomic mass is 16.8. The Morgan fingerprint density at radius 1 is 1.33 bits per heavy atom. The summed E-state index contributed by atoms with van der Waals surface area (Å²) in [5.74, 6) is -1.65. The van der Waals surface area contributed by atoms with E-state index in [0.717, 1.165) is 0 Å². The van der Waals surface area contributed by atoms with Crippen LogP contribution in [0.25, 0.3) is 0 Å². The van der Waals surface area contributed by atoms with E-state index in [9.17, 15) is 9.90 Å². The number of rotatable bonds is 2. The standard InChI is InChI=1S/C12H16O6/c1-9(2)16-6-7(15-3)17-11-5-4-10(11,8(13)14)12(6,11)18-9/h6-7H,4-5H2,1-3H3,(H,13,14)/t6?,7?,10-,11-,12?/m1/s1. The van der Waals surface area contributed by atoms with Gasteiger partial charge >= 0.3 is 5.97 Å². The van der Waals surface area contributed by atoms with E-state index < -0.39 is 40.8 Å². The molecule has 6 heteroatoms. The number of methoxy groups -OCH3 is 1. The van der Waals surface area contributed by atoms with Gasteiger partial charge in [0.25, 0.3) is 0 Å². The second kappa shape index (κ2) is 2.60. The van der Waals surface area contributed by atoms with Gasteiger partial charge in [-0.15, -0.1) is 0 Å². The van der Waals surface area contributed by atoms with Crippen LogP contribution in [0.5, 0.6) is 0 Å². The van der Waals surface area contributed by atoms with Crippen LogP contribution in [-0.4, -0.2) is 47.6 Å². The second-order valence-electron chi connectivity index (χ2n) is 6.04. The molecule has 100 valence electrons. The zero-order valence-corrected chi connectivity index (χ0v) is 10.6. The Balaban J connectivity index is 1.84. The van der Waals surface area contributed by atoms with Gasteiger partial charge in [0.15, 0.2) is 17.7 Å². The van der Waals surface area contributed by atoms with Gasteiger partial charge in [-0.05, 0) is 26.7 Å². The summed E-state index contributed by atoms with van der Waals surface area (Å²) in [6, 6.07) is 0. The van der Waals surface area contributed by atoms with Crippen LogP contribution in [0.2, 0.25) is 0 Å². The van der Waals surface area contributed by atoms with Gasteiger partial charge in [-0.2, -0.15) is 0 Å². The summed E-state index contributed by atoms with van der Waals surface area (Å²) in [5, 5.41) is 9.55. The Hall–Kier alpha value is -0.690. The lowest BCUT2D eigenvalue weighted by atomic mass is 9.80. The van der Waals surface area contributed by atoms with Crippen molar-refractivity contribution in [2.24, 2.45) is 5.41 Å². The lowest BCUT2D eigenvalue weighted by Gasteiger charge is -2.34. The van der Waals surface area contributed by atoms with Gasteiger partial charge in [0, 0.05) is 7.11 Å². The maximum Gasteiger partial charge on any atom is 0.315 e. The average molecular weight is 256 g/mol. The molecule has 0 aromatic heterocycles. The largest absolute Gasteiger partial charge is 0.481 e. The van der Waals surface area contributed by atoms with Crippen LogP contribution in [-0.2, 0) is 23.7 Å². The fraction of sp³-hybridized carbons (Fsp3) is 0.917. The molecule has 2 spiro atoms. The van der Waals surface area contributed by atoms with Crippen molar-refractivity contribution in [3.05, 3.63) is 0 Å². The van der Waals surface area contributed by atoms with Crippen molar-refractivity contribution in [3.8, 4) is 0 Å². The molecule has 0 bridgehead atoms. The summed E-state index contributed by atoms with van der Waals surface area (Å²) in [5.41, 5.74) is -2.55. The first-order chi connectivity index (χ1) is 8.37. The summed E-state index contributed by atoms with van der Waals surface area (Å²) >= 11 is 0. The molecule has 0 amide bonds. The molecule has 18 heavy (non-hydrogen) atoms. The van der Waals surface area contributed by atoms with Gasteiger partial charge in [0.1, 0.15) is 17.1 Å². The summed E-state index contributed by atoms with van der Waals surface area (Å²) in [4.78, 5) is 11.6. The van der Waals surface area contributed by atoms with Gasteiger partial charge in [-0.1, -0.05) is 0 Å². The number of hydrogen-bond donors (Lipinski definition) is 1. The molecular weight excluding hydrogens is 240 g/mol. The lowest BCUT2D eigenvalue weighted by Crippen LogP contribution is -2.46. The summed E-state index contributed by atoms with van der Waals surface area (Å²) in [6.07, 6.45) is 0.264. The van der Waals surface area contributed by atoms with Crippen molar-refractivity contribution in [3.63, 3.8) is 0 Å². The van der Waals surface area contributed by atoms with Crippen molar-refractivity contribution in [2.75, 3.05) is 7.11 Å². The van der Waals surface area contributed by atoms with Crippen LogP contribution in [0.1, 0.15) is 26.7 Å². The Morgan fingerprint density at radius 3 is 2.56 bits per heavy atom. The van der Waals surface area contributed by atoms with Gasteiger partial charge in [-0.25, -0.2) is 0 Å². The van der Waals surface area contributed by atoms with Gasteiger partial charge < -0.3 is 24.1 Å². The average Bonchev–Trinajstić information content (AvgIpc) is 2.51. The molecule has 4 aliphatic rings. The number of carbonyl (C=O) groups is 1. The Bertz CT molecular complexity index is 461. The van der Waals surface area contributed by atoms with E-state index in [1.54, 1.807) is 13.8 Å². The molecular formula is C12H16O6. The van der Waals surface area contributed by atoms with Crippen LogP contribution in [0, 0.1) is 5.41 Å². The first-order valence-electron chi connectivity index (χ1n) is 6.19. The zero-order chi connectivity index (χ0) is 13.0. The maximum absolute atomic E-state index is 11.6. The smallest absolute Gasteiger partial charge is 0.315 e. The van der Waals surface area contributed by atoms with E-state index in [0.29, 0.717) is 12.8 Å². The second-order valence-corrected chi connectivity index (χ2v) is 6.04. The van der Waals surface area contributed by atoms with E-state index in [-0.39, 0.29) is 0 Å². The zero-order valence-electron chi connectivity index (χ0n) is 10.6. The molecule has 0 aromatic carbocycles. The third-order valence-corrected chi connectivity index (χ3v) is 5.09. The van der Waals surface area contributed by atoms with Crippen molar-refractivity contribution in [1.29, 1.82) is 0 Å². The molecule has 2 aliphatic heterocycles. The Labute approximate surface area is 104 Å². The highest BCUT2D eigenvalue weighted by Gasteiger charge is 3.06. The molecule has 4 fully saturated rings. The number of ether oxygens (including phenoxy) is 4. The molecule has 5 atom stereocenters. The first-order valence-corrected chi connectivity index (χ1v) is 6.19. The Kier molecular flexibility index (Phi) is 1.62. The van der Waals surface area contributed by atoms with Gasteiger partial charge in [0.2, 0.25) is 0 Å². The third kappa shape index (κ3) is 0.735. The molecule has 1 N–H and O–H groups in total. The van der Waals surface area contributed by atoms with Crippen LogP contribution < -0.4 is 0 Å². The van der Waals surface area contributed by atoms with Crippen LogP contribution >= 0.6 is 0 Å². The summed E-state index contributed by atoms with van der Waals surface area (Å²) < 4.78 is 22.9. The topological polar surface area (TPSA) is 74.2 Å². The highest BCUT2D eigenvalue weighted by molar-refractivity contribution is 5.89. The van der Waals surface area contributed by atoms with Crippen LogP contribution in [0.4, 0.5) is 0 Å². The molecule has 3 unspecified atom stereocenters. The number of hydrogen-bond acceptors (Lipinski definition) is 5. The Morgan fingerprint density at radius 2 is 2.06 bits per heavy atom. The molecule has 2 saturated heterocycles. The predicted octanol–water partition coefficient (Wildman–Crippen LogP) is 0.497. The molecule has 6 nitrogen and oxygen atoms in total. The minimum absolute atomic E-state index is 0.462. The highest BCUT2D eigenvalue weighted by Crippen LogP contribution is 2.87. The van der Waals surface area contributed by atoms with Gasteiger partial charge in [-0.3, -0.25) is 4.79 Å². The number of carboxylic acids is 1. The number of carboxylic acid groups (broad SMARTS) is 1. The minimum atomic E-state index is -0.937. The molecule has 0 aromatic rings. The predicted molar refractivity (Wildman–Crippen MR) is 56.7 cm³/mol. The first kappa shape index (κ1) is 11.2. The SMILES string of the molecule is COC1O[C@]23CC[C@]2(C(=O)O)C32OC(C)(C)OC12. The van der Waals surface area contributed by atoms with E-state index in [2.05, 4.69) is 0 Å². The van der Waals surface area contributed by atoms with Crippen molar-refractivity contribution >= 4 is 5.97 Å². The van der Waals surface area contributed by atoms with Crippen LogP contribution in [0.3, 0.4) is 0 Å².